The third-order valence-corrected chi connectivity index (χ3v) is 6.19. The summed E-state index contributed by atoms with van der Waals surface area (Å²) in [6, 6.07) is 14.5. The van der Waals surface area contributed by atoms with Crippen molar-refractivity contribution in [2.45, 2.75) is 51.5 Å². The maximum atomic E-state index is 13.3. The maximum absolute atomic E-state index is 13.3. The molecule has 0 saturated carbocycles. The predicted octanol–water partition coefficient (Wildman–Crippen LogP) is 4.87. The number of carbonyl (C=O) groups excluding carboxylic acids is 1. The van der Waals surface area contributed by atoms with Gasteiger partial charge in [-0.15, -0.1) is 0 Å². The van der Waals surface area contributed by atoms with Crippen LogP contribution in [0, 0.1) is 5.41 Å². The second kappa shape index (κ2) is 8.76. The van der Waals surface area contributed by atoms with Gasteiger partial charge < -0.3 is 5.32 Å². The molecule has 158 valence electrons. The highest BCUT2D eigenvalue weighted by molar-refractivity contribution is 7.92. The Hall–Kier alpha value is -2.05. The summed E-state index contributed by atoms with van der Waals surface area (Å²) in [6.07, 6.45) is 0.744. The van der Waals surface area contributed by atoms with E-state index >= 15 is 0 Å². The summed E-state index contributed by atoms with van der Waals surface area (Å²) in [4.78, 5) is 13.0. The van der Waals surface area contributed by atoms with E-state index in [-0.39, 0.29) is 22.8 Å². The lowest BCUT2D eigenvalue weighted by molar-refractivity contribution is -0.121. The number of nitrogens with zero attached hydrogens (tertiary/aromatic N) is 1. The lowest BCUT2D eigenvalue weighted by atomic mass is 9.82. The SMILES string of the molecule is CC(C)(C)CC(C)(C)NC(=O)CN(c1cccc(Cl)c1)S(=O)(=O)c1ccccc1. The highest BCUT2D eigenvalue weighted by Crippen LogP contribution is 2.28. The van der Waals surface area contributed by atoms with Crippen LogP contribution < -0.4 is 9.62 Å². The number of rotatable bonds is 7. The van der Waals surface area contributed by atoms with Crippen LogP contribution in [0.15, 0.2) is 59.5 Å². The molecule has 2 aromatic carbocycles. The molecule has 0 fully saturated rings. The molecular weight excluding hydrogens is 408 g/mol. The number of carbonyl (C=O) groups is 1. The fourth-order valence-electron chi connectivity index (χ4n) is 3.58. The van der Waals surface area contributed by atoms with E-state index in [4.69, 9.17) is 11.6 Å². The number of nitrogens with one attached hydrogen (secondary N) is 1. The van der Waals surface area contributed by atoms with Gasteiger partial charge in [-0.3, -0.25) is 9.10 Å². The molecule has 0 atom stereocenters. The standard InChI is InChI=1S/C22H29ClN2O3S/c1-21(2,3)16-22(4,5)24-20(26)15-25(18-11-9-10-17(23)14-18)29(27,28)19-12-7-6-8-13-19/h6-14H,15-16H2,1-5H3,(H,24,26). The average Bonchev–Trinajstić information content (AvgIpc) is 2.57. The van der Waals surface area contributed by atoms with E-state index in [9.17, 15) is 13.2 Å². The molecule has 0 heterocycles. The van der Waals surface area contributed by atoms with Crippen LogP contribution in [0.5, 0.6) is 0 Å². The zero-order chi connectivity index (χ0) is 21.9. The van der Waals surface area contributed by atoms with Crippen molar-refractivity contribution in [3.05, 3.63) is 59.6 Å². The Bertz CT molecular complexity index is 952. The molecular formula is C22H29ClN2O3S. The summed E-state index contributed by atoms with van der Waals surface area (Å²) in [5, 5.41) is 3.37. The Kier molecular flexibility index (Phi) is 7.01. The number of amides is 1. The monoisotopic (exact) mass is 436 g/mol. The van der Waals surface area contributed by atoms with Gasteiger partial charge in [-0.1, -0.05) is 56.6 Å². The van der Waals surface area contributed by atoms with Crippen molar-refractivity contribution in [1.82, 2.24) is 5.32 Å². The Balaban J connectivity index is 2.36. The van der Waals surface area contributed by atoms with Gasteiger partial charge in [-0.25, -0.2) is 8.42 Å². The second-order valence-electron chi connectivity index (χ2n) is 8.97. The van der Waals surface area contributed by atoms with Gasteiger partial charge in [0.1, 0.15) is 6.54 Å². The molecule has 1 N–H and O–H groups in total. The van der Waals surface area contributed by atoms with E-state index in [0.717, 1.165) is 10.7 Å². The van der Waals surface area contributed by atoms with Gasteiger partial charge in [-0.2, -0.15) is 0 Å². The summed E-state index contributed by atoms with van der Waals surface area (Å²) in [7, 11) is -3.94. The zero-order valence-corrected chi connectivity index (χ0v) is 19.1. The molecule has 5 nitrogen and oxygen atoms in total. The minimum Gasteiger partial charge on any atom is -0.350 e. The predicted molar refractivity (Wildman–Crippen MR) is 119 cm³/mol. The van der Waals surface area contributed by atoms with Gasteiger partial charge in [-0.05, 0) is 56.0 Å². The molecule has 7 heteroatoms. The fourth-order valence-corrected chi connectivity index (χ4v) is 5.20. The van der Waals surface area contributed by atoms with Crippen LogP contribution in [0.1, 0.15) is 41.0 Å². The first kappa shape index (κ1) is 23.2. The van der Waals surface area contributed by atoms with Gasteiger partial charge >= 0.3 is 0 Å². The minimum absolute atomic E-state index is 0.0134. The number of anilines is 1. The lowest BCUT2D eigenvalue weighted by Gasteiger charge is -2.34. The van der Waals surface area contributed by atoms with E-state index in [0.29, 0.717) is 10.7 Å². The Morgan fingerprint density at radius 1 is 1.00 bits per heavy atom. The largest absolute Gasteiger partial charge is 0.350 e. The molecule has 0 aliphatic heterocycles. The summed E-state index contributed by atoms with van der Waals surface area (Å²) in [5.74, 6) is -0.376. The molecule has 1 amide bonds. The van der Waals surface area contributed by atoms with Crippen LogP contribution in [0.4, 0.5) is 5.69 Å². The smallest absolute Gasteiger partial charge is 0.264 e. The summed E-state index contributed by atoms with van der Waals surface area (Å²) >= 11 is 6.08. The molecule has 0 aromatic heterocycles. The Morgan fingerprint density at radius 3 is 2.17 bits per heavy atom. The topological polar surface area (TPSA) is 66.5 Å². The Morgan fingerprint density at radius 2 is 1.62 bits per heavy atom. The first-order chi connectivity index (χ1) is 13.3. The zero-order valence-electron chi connectivity index (χ0n) is 17.6. The van der Waals surface area contributed by atoms with Crippen molar-refractivity contribution in [2.24, 2.45) is 5.41 Å². The van der Waals surface area contributed by atoms with Gasteiger partial charge in [0, 0.05) is 10.6 Å². The molecule has 0 spiro atoms. The third kappa shape index (κ3) is 6.75. The van der Waals surface area contributed by atoms with Crippen LogP contribution in [-0.4, -0.2) is 26.4 Å². The molecule has 0 bridgehead atoms. The van der Waals surface area contributed by atoms with Crippen molar-refractivity contribution in [3.63, 3.8) is 0 Å². The maximum Gasteiger partial charge on any atom is 0.264 e. The first-order valence-corrected chi connectivity index (χ1v) is 11.3. The van der Waals surface area contributed by atoms with Gasteiger partial charge in [0.2, 0.25) is 5.91 Å². The van der Waals surface area contributed by atoms with Gasteiger partial charge in [0.05, 0.1) is 10.6 Å². The van der Waals surface area contributed by atoms with Crippen molar-refractivity contribution in [3.8, 4) is 0 Å². The van der Waals surface area contributed by atoms with Crippen molar-refractivity contribution in [1.29, 1.82) is 0 Å². The Labute approximate surface area is 179 Å². The van der Waals surface area contributed by atoms with E-state index in [1.165, 1.54) is 18.2 Å². The van der Waals surface area contributed by atoms with Crippen LogP contribution in [-0.2, 0) is 14.8 Å². The van der Waals surface area contributed by atoms with Crippen molar-refractivity contribution >= 4 is 33.2 Å². The fraction of sp³-hybridized carbons (Fsp3) is 0.409. The van der Waals surface area contributed by atoms with Crippen LogP contribution in [0.25, 0.3) is 0 Å². The molecule has 0 aliphatic rings. The van der Waals surface area contributed by atoms with E-state index in [1.54, 1.807) is 36.4 Å². The van der Waals surface area contributed by atoms with Crippen LogP contribution >= 0.6 is 11.6 Å². The highest BCUT2D eigenvalue weighted by Gasteiger charge is 2.31. The summed E-state index contributed by atoms with van der Waals surface area (Å²) < 4.78 is 27.6. The normalized spacial score (nSPS) is 12.5. The molecule has 29 heavy (non-hydrogen) atoms. The molecule has 2 rings (SSSR count). The molecule has 2 aromatic rings. The van der Waals surface area contributed by atoms with Crippen molar-refractivity contribution in [2.75, 3.05) is 10.8 Å². The molecule has 0 unspecified atom stereocenters. The molecule has 0 radical (unpaired) electrons. The number of hydrogen-bond donors (Lipinski definition) is 1. The number of benzene rings is 2. The van der Waals surface area contributed by atoms with Crippen LogP contribution in [0.2, 0.25) is 5.02 Å². The highest BCUT2D eigenvalue weighted by atomic mass is 35.5. The minimum atomic E-state index is -3.94. The number of sulfonamides is 1. The average molecular weight is 437 g/mol. The first-order valence-electron chi connectivity index (χ1n) is 9.45. The molecule has 0 aliphatic carbocycles. The van der Waals surface area contributed by atoms with Gasteiger partial charge in [0.25, 0.3) is 10.0 Å². The summed E-state index contributed by atoms with van der Waals surface area (Å²) in [5.41, 5.74) is -0.129. The van der Waals surface area contributed by atoms with E-state index in [2.05, 4.69) is 26.1 Å². The quantitative estimate of drug-likeness (QED) is 0.673. The molecule has 0 saturated heterocycles. The third-order valence-electron chi connectivity index (χ3n) is 4.16. The second-order valence-corrected chi connectivity index (χ2v) is 11.3. The lowest BCUT2D eigenvalue weighted by Crippen LogP contribution is -2.50. The van der Waals surface area contributed by atoms with Crippen molar-refractivity contribution < 1.29 is 13.2 Å². The van der Waals surface area contributed by atoms with Gasteiger partial charge in [0.15, 0.2) is 0 Å². The number of hydrogen-bond acceptors (Lipinski definition) is 3. The van der Waals surface area contributed by atoms with Crippen LogP contribution in [0.3, 0.4) is 0 Å². The number of halogens is 1. The van der Waals surface area contributed by atoms with E-state index in [1.807, 2.05) is 13.8 Å². The summed E-state index contributed by atoms with van der Waals surface area (Å²) in [6.45, 7) is 9.82. The van der Waals surface area contributed by atoms with E-state index < -0.39 is 15.6 Å².